The Labute approximate surface area is 106 Å². The molecule has 1 aromatic carbocycles. The molecule has 1 aliphatic carbocycles. The van der Waals surface area contributed by atoms with E-state index in [9.17, 15) is 17.9 Å². The molecule has 2 atom stereocenters. The minimum absolute atomic E-state index is 0.0810. The number of aliphatic hydroxyl groups is 1. The van der Waals surface area contributed by atoms with E-state index in [0.29, 0.717) is 19.3 Å². The first-order valence-corrected chi connectivity index (χ1v) is 7.41. The molecular weight excluding hydrogens is 257 g/mol. The van der Waals surface area contributed by atoms with Crippen molar-refractivity contribution in [2.24, 2.45) is 0 Å². The average Bonchev–Trinajstić information content (AvgIpc) is 2.28. The van der Waals surface area contributed by atoms with Gasteiger partial charge in [0.15, 0.2) is 0 Å². The molecule has 100 valence electrons. The summed E-state index contributed by atoms with van der Waals surface area (Å²) in [6, 6.07) is 4.62. The second-order valence-corrected chi connectivity index (χ2v) is 6.31. The van der Waals surface area contributed by atoms with E-state index in [4.69, 9.17) is 0 Å². The highest BCUT2D eigenvalue weighted by Gasteiger charge is 2.25. The van der Waals surface area contributed by atoms with Gasteiger partial charge < -0.3 is 5.11 Å². The molecule has 4 nitrogen and oxygen atoms in total. The van der Waals surface area contributed by atoms with Crippen LogP contribution < -0.4 is 4.72 Å². The number of aliphatic hydroxyl groups excluding tert-OH is 1. The largest absolute Gasteiger partial charge is 0.393 e. The van der Waals surface area contributed by atoms with E-state index in [1.807, 2.05) is 0 Å². The Morgan fingerprint density at radius 3 is 2.78 bits per heavy atom. The summed E-state index contributed by atoms with van der Waals surface area (Å²) in [5.41, 5.74) is 0. The highest BCUT2D eigenvalue weighted by molar-refractivity contribution is 7.89. The summed E-state index contributed by atoms with van der Waals surface area (Å²) in [5, 5.41) is 9.50. The second kappa shape index (κ2) is 5.34. The van der Waals surface area contributed by atoms with Gasteiger partial charge in [0.1, 0.15) is 5.82 Å². The number of benzene rings is 1. The third-order valence-corrected chi connectivity index (χ3v) is 4.59. The van der Waals surface area contributed by atoms with E-state index in [1.54, 1.807) is 0 Å². The first-order chi connectivity index (χ1) is 8.47. The normalized spacial score (nSPS) is 25.0. The van der Waals surface area contributed by atoms with Gasteiger partial charge >= 0.3 is 0 Å². The van der Waals surface area contributed by atoms with Gasteiger partial charge in [0.25, 0.3) is 0 Å². The van der Waals surface area contributed by atoms with Crippen LogP contribution in [0.2, 0.25) is 0 Å². The van der Waals surface area contributed by atoms with Gasteiger partial charge in [-0.1, -0.05) is 6.07 Å². The summed E-state index contributed by atoms with van der Waals surface area (Å²) < 4.78 is 39.5. The van der Waals surface area contributed by atoms with Crippen LogP contribution in [-0.4, -0.2) is 25.7 Å². The van der Waals surface area contributed by atoms with Gasteiger partial charge in [0.05, 0.1) is 11.0 Å². The molecule has 0 aliphatic heterocycles. The third-order valence-electron chi connectivity index (χ3n) is 3.07. The molecular formula is C12H16FNO3S. The molecule has 0 bridgehead atoms. The van der Waals surface area contributed by atoms with Crippen LogP contribution in [0, 0.1) is 5.82 Å². The zero-order valence-corrected chi connectivity index (χ0v) is 10.7. The average molecular weight is 273 g/mol. The van der Waals surface area contributed by atoms with E-state index in [0.717, 1.165) is 12.5 Å². The molecule has 0 aromatic heterocycles. The lowest BCUT2D eigenvalue weighted by molar-refractivity contribution is 0.117. The van der Waals surface area contributed by atoms with Crippen molar-refractivity contribution in [2.75, 3.05) is 0 Å². The maximum absolute atomic E-state index is 13.0. The smallest absolute Gasteiger partial charge is 0.240 e. The number of nitrogens with one attached hydrogen (secondary N) is 1. The molecule has 2 rings (SSSR count). The molecule has 6 heteroatoms. The van der Waals surface area contributed by atoms with Gasteiger partial charge in [-0.25, -0.2) is 17.5 Å². The predicted molar refractivity (Wildman–Crippen MR) is 65.0 cm³/mol. The van der Waals surface area contributed by atoms with Crippen molar-refractivity contribution in [3.63, 3.8) is 0 Å². The van der Waals surface area contributed by atoms with Crippen molar-refractivity contribution in [1.82, 2.24) is 4.72 Å². The number of rotatable bonds is 3. The lowest BCUT2D eigenvalue weighted by atomic mass is 9.94. The minimum atomic E-state index is -3.71. The number of hydrogen-bond donors (Lipinski definition) is 2. The van der Waals surface area contributed by atoms with Crippen molar-refractivity contribution in [3.8, 4) is 0 Å². The van der Waals surface area contributed by atoms with Gasteiger partial charge in [0.2, 0.25) is 10.0 Å². The summed E-state index contributed by atoms with van der Waals surface area (Å²) in [6.07, 6.45) is 2.15. The van der Waals surface area contributed by atoms with Crippen LogP contribution in [0.5, 0.6) is 0 Å². The number of halogens is 1. The van der Waals surface area contributed by atoms with Crippen LogP contribution in [0.15, 0.2) is 29.2 Å². The topological polar surface area (TPSA) is 66.4 Å². The molecule has 1 saturated carbocycles. The highest BCUT2D eigenvalue weighted by atomic mass is 32.2. The van der Waals surface area contributed by atoms with Gasteiger partial charge in [-0.15, -0.1) is 0 Å². The Morgan fingerprint density at radius 2 is 2.11 bits per heavy atom. The van der Waals surface area contributed by atoms with Crippen molar-refractivity contribution in [2.45, 2.75) is 42.7 Å². The van der Waals surface area contributed by atoms with E-state index in [2.05, 4.69) is 4.72 Å². The Morgan fingerprint density at radius 1 is 1.33 bits per heavy atom. The zero-order chi connectivity index (χ0) is 13.2. The quantitative estimate of drug-likeness (QED) is 0.875. The molecule has 18 heavy (non-hydrogen) atoms. The number of hydrogen-bond acceptors (Lipinski definition) is 3. The summed E-state index contributed by atoms with van der Waals surface area (Å²) in [4.78, 5) is -0.0810. The molecule has 1 fully saturated rings. The number of sulfonamides is 1. The second-order valence-electron chi connectivity index (χ2n) is 4.60. The van der Waals surface area contributed by atoms with Crippen LogP contribution in [0.4, 0.5) is 4.39 Å². The van der Waals surface area contributed by atoms with Gasteiger partial charge in [-0.2, -0.15) is 0 Å². The third kappa shape index (κ3) is 3.28. The Hall–Kier alpha value is -0.980. The molecule has 0 unspecified atom stereocenters. The summed E-state index contributed by atoms with van der Waals surface area (Å²) in [5.74, 6) is -0.582. The first-order valence-electron chi connectivity index (χ1n) is 5.93. The molecule has 0 radical (unpaired) electrons. The fourth-order valence-corrected chi connectivity index (χ4v) is 3.51. The fourth-order valence-electron chi connectivity index (χ4n) is 2.19. The first kappa shape index (κ1) is 13.5. The lowest BCUT2D eigenvalue weighted by Gasteiger charge is -2.26. The van der Waals surface area contributed by atoms with Crippen LogP contribution >= 0.6 is 0 Å². The Balaban J connectivity index is 2.12. The molecule has 0 amide bonds. The standard InChI is InChI=1S/C12H16FNO3S/c13-9-3-1-6-12(7-9)18(16,17)14-10-4-2-5-11(15)8-10/h1,3,6-7,10-11,14-15H,2,4-5,8H2/t10-,11-/m1/s1. The van der Waals surface area contributed by atoms with E-state index < -0.39 is 21.9 Å². The summed E-state index contributed by atoms with van der Waals surface area (Å²) >= 11 is 0. The molecule has 0 spiro atoms. The fraction of sp³-hybridized carbons (Fsp3) is 0.500. The minimum Gasteiger partial charge on any atom is -0.393 e. The monoisotopic (exact) mass is 273 g/mol. The molecule has 2 N–H and O–H groups in total. The summed E-state index contributed by atoms with van der Waals surface area (Å²) in [7, 11) is -3.71. The Bertz CT molecular complexity index is 518. The Kier molecular flexibility index (Phi) is 3.99. The van der Waals surface area contributed by atoms with Crippen molar-refractivity contribution in [1.29, 1.82) is 0 Å². The van der Waals surface area contributed by atoms with E-state index in [1.165, 1.54) is 18.2 Å². The SMILES string of the molecule is O=S(=O)(N[C@@H]1CCC[C@@H](O)C1)c1cccc(F)c1. The van der Waals surface area contributed by atoms with Gasteiger partial charge in [-0.05, 0) is 43.9 Å². The van der Waals surface area contributed by atoms with Crippen molar-refractivity contribution >= 4 is 10.0 Å². The van der Waals surface area contributed by atoms with Crippen LogP contribution in [0.1, 0.15) is 25.7 Å². The van der Waals surface area contributed by atoms with E-state index >= 15 is 0 Å². The predicted octanol–water partition coefficient (Wildman–Crippen LogP) is 1.41. The van der Waals surface area contributed by atoms with Gasteiger partial charge in [0, 0.05) is 6.04 Å². The molecule has 1 aliphatic rings. The van der Waals surface area contributed by atoms with Crippen LogP contribution in [0.3, 0.4) is 0 Å². The lowest BCUT2D eigenvalue weighted by Crippen LogP contribution is -2.39. The highest BCUT2D eigenvalue weighted by Crippen LogP contribution is 2.20. The summed E-state index contributed by atoms with van der Waals surface area (Å²) in [6.45, 7) is 0. The van der Waals surface area contributed by atoms with Crippen LogP contribution in [0.25, 0.3) is 0 Å². The zero-order valence-electron chi connectivity index (χ0n) is 9.84. The maximum atomic E-state index is 13.0. The maximum Gasteiger partial charge on any atom is 0.240 e. The van der Waals surface area contributed by atoms with Crippen molar-refractivity contribution < 1.29 is 17.9 Å². The molecule has 0 heterocycles. The molecule has 0 saturated heterocycles. The van der Waals surface area contributed by atoms with Gasteiger partial charge in [-0.3, -0.25) is 0 Å². The molecule has 1 aromatic rings. The van der Waals surface area contributed by atoms with Crippen LogP contribution in [-0.2, 0) is 10.0 Å². The van der Waals surface area contributed by atoms with E-state index in [-0.39, 0.29) is 10.9 Å². The van der Waals surface area contributed by atoms with Crippen molar-refractivity contribution in [3.05, 3.63) is 30.1 Å².